The molecule has 6 rings (SSSR count). The zero-order valence-corrected chi connectivity index (χ0v) is 27.4. The normalized spacial score (nSPS) is 15.4. The summed E-state index contributed by atoms with van der Waals surface area (Å²) in [6.07, 6.45) is 2.51. The summed E-state index contributed by atoms with van der Waals surface area (Å²) >= 11 is 0. The molecular weight excluding hydrogens is 607 g/mol. The van der Waals surface area contributed by atoms with E-state index in [1.54, 1.807) is 36.2 Å². The summed E-state index contributed by atoms with van der Waals surface area (Å²) in [5.74, 6) is -0.775. The lowest BCUT2D eigenvalue weighted by Crippen LogP contribution is -2.40. The van der Waals surface area contributed by atoms with E-state index in [0.717, 1.165) is 17.4 Å². The number of hydrogen-bond acceptors (Lipinski definition) is 5. The molecule has 1 aliphatic heterocycles. The van der Waals surface area contributed by atoms with Gasteiger partial charge in [0.15, 0.2) is 0 Å². The van der Waals surface area contributed by atoms with E-state index in [0.29, 0.717) is 82.6 Å². The highest BCUT2D eigenvalue weighted by Gasteiger charge is 2.32. The molecular formula is C35H37FN4O5S. The molecule has 0 saturated carbocycles. The number of amides is 2. The van der Waals surface area contributed by atoms with Gasteiger partial charge in [0, 0.05) is 62.0 Å². The van der Waals surface area contributed by atoms with Crippen LogP contribution in [0.3, 0.4) is 0 Å². The predicted molar refractivity (Wildman–Crippen MR) is 178 cm³/mol. The van der Waals surface area contributed by atoms with Gasteiger partial charge in [-0.2, -0.15) is 0 Å². The Hall–Kier alpha value is -4.64. The number of piperidine rings is 1. The van der Waals surface area contributed by atoms with Crippen molar-refractivity contribution in [3.8, 4) is 11.3 Å². The largest absolute Gasteiger partial charge is 0.455 e. The molecule has 0 spiro atoms. The highest BCUT2D eigenvalue weighted by Crippen LogP contribution is 2.42. The summed E-state index contributed by atoms with van der Waals surface area (Å²) in [5.41, 5.74) is 4.70. The quantitative estimate of drug-likeness (QED) is 0.224. The van der Waals surface area contributed by atoms with Crippen molar-refractivity contribution in [3.05, 3.63) is 88.9 Å². The van der Waals surface area contributed by atoms with Gasteiger partial charge in [-0.3, -0.25) is 13.9 Å². The van der Waals surface area contributed by atoms with Crippen LogP contribution in [0.15, 0.2) is 65.1 Å². The van der Waals surface area contributed by atoms with E-state index in [4.69, 9.17) is 4.42 Å². The molecule has 2 amide bonds. The van der Waals surface area contributed by atoms with Gasteiger partial charge in [0.25, 0.3) is 11.8 Å². The monoisotopic (exact) mass is 644 g/mol. The SMILES string of the molecule is CCn1c(C(=O)N2CCC[C@H](c3cc4c(C(=O)NC)c(-c5ccc(C)cc5)oc4cc3N(C)S(C)(=O)=O)C2)cc2c(F)cccc21. The summed E-state index contributed by atoms with van der Waals surface area (Å²) < 4.78 is 49.7. The Labute approximate surface area is 267 Å². The minimum atomic E-state index is -3.67. The molecule has 240 valence electrons. The second kappa shape index (κ2) is 11.9. The second-order valence-electron chi connectivity index (χ2n) is 11.9. The van der Waals surface area contributed by atoms with Crippen LogP contribution in [0.1, 0.15) is 57.7 Å². The number of halogens is 1. The Morgan fingerprint density at radius 1 is 1.09 bits per heavy atom. The van der Waals surface area contributed by atoms with Crippen LogP contribution in [0, 0.1) is 12.7 Å². The van der Waals surface area contributed by atoms with E-state index >= 15 is 0 Å². The number of aryl methyl sites for hydroxylation is 2. The first-order valence-corrected chi connectivity index (χ1v) is 17.2. The zero-order chi connectivity index (χ0) is 32.9. The molecule has 9 nitrogen and oxygen atoms in total. The van der Waals surface area contributed by atoms with Crippen molar-refractivity contribution < 1.29 is 26.8 Å². The average Bonchev–Trinajstić information content (AvgIpc) is 3.62. The topological polar surface area (TPSA) is 105 Å². The number of likely N-dealkylation sites (tertiary alicyclic amines) is 1. The van der Waals surface area contributed by atoms with Gasteiger partial charge < -0.3 is 19.2 Å². The lowest BCUT2D eigenvalue weighted by Gasteiger charge is -2.35. The van der Waals surface area contributed by atoms with E-state index < -0.39 is 10.0 Å². The number of carbonyl (C=O) groups is 2. The number of nitrogens with zero attached hydrogens (tertiary/aromatic N) is 3. The van der Waals surface area contributed by atoms with E-state index in [2.05, 4.69) is 5.32 Å². The maximum atomic E-state index is 14.7. The fourth-order valence-corrected chi connectivity index (χ4v) is 7.04. The fraction of sp³-hybridized carbons (Fsp3) is 0.314. The van der Waals surface area contributed by atoms with Crippen molar-refractivity contribution in [2.45, 2.75) is 39.2 Å². The van der Waals surface area contributed by atoms with Gasteiger partial charge in [-0.15, -0.1) is 0 Å². The number of fused-ring (bicyclic) bond motifs is 2. The first-order chi connectivity index (χ1) is 21.9. The standard InChI is InChI=1S/C35H37FN4O5S/c1-6-40-28-11-7-10-27(36)25(28)18-30(40)35(42)39-16-8-9-23(20-39)24-17-26-31(19-29(24)38(4)46(5,43)44)45-33(32(26)34(41)37-3)22-14-12-21(2)13-15-22/h7,10-15,17-19,23H,6,8-9,16,20H2,1-5H3,(H,37,41)/t23-/m0/s1. The van der Waals surface area contributed by atoms with Gasteiger partial charge in [-0.1, -0.05) is 35.9 Å². The van der Waals surface area contributed by atoms with E-state index in [-0.39, 0.29) is 23.5 Å². The number of aromatic nitrogens is 1. The number of benzene rings is 3. The summed E-state index contributed by atoms with van der Waals surface area (Å²) in [6, 6.07) is 17.6. The summed E-state index contributed by atoms with van der Waals surface area (Å²) in [7, 11) is -0.631. The van der Waals surface area contributed by atoms with Gasteiger partial charge in [-0.25, -0.2) is 12.8 Å². The van der Waals surface area contributed by atoms with Crippen molar-refractivity contribution in [2.75, 3.05) is 37.7 Å². The van der Waals surface area contributed by atoms with Crippen molar-refractivity contribution >= 4 is 49.4 Å². The van der Waals surface area contributed by atoms with Crippen LogP contribution < -0.4 is 9.62 Å². The third-order valence-electron chi connectivity index (χ3n) is 9.02. The van der Waals surface area contributed by atoms with Crippen molar-refractivity contribution in [1.82, 2.24) is 14.8 Å². The molecule has 3 aromatic carbocycles. The first kappa shape index (κ1) is 31.3. The van der Waals surface area contributed by atoms with Crippen molar-refractivity contribution in [1.29, 1.82) is 0 Å². The third-order valence-corrected chi connectivity index (χ3v) is 10.2. The lowest BCUT2D eigenvalue weighted by molar-refractivity contribution is 0.0696. The highest BCUT2D eigenvalue weighted by atomic mass is 32.2. The third kappa shape index (κ3) is 5.42. The van der Waals surface area contributed by atoms with Crippen LogP contribution in [-0.4, -0.2) is 63.1 Å². The number of furan rings is 1. The minimum Gasteiger partial charge on any atom is -0.455 e. The molecule has 5 aromatic rings. The smallest absolute Gasteiger partial charge is 0.270 e. The number of nitrogens with one attached hydrogen (secondary N) is 1. The summed E-state index contributed by atoms with van der Waals surface area (Å²) in [5, 5.41) is 3.67. The molecule has 0 radical (unpaired) electrons. The van der Waals surface area contributed by atoms with Gasteiger partial charge in [-0.05, 0) is 56.5 Å². The summed E-state index contributed by atoms with van der Waals surface area (Å²) in [6.45, 7) is 5.22. The number of sulfonamides is 1. The Bertz CT molecular complexity index is 2100. The number of anilines is 1. The Morgan fingerprint density at radius 3 is 2.50 bits per heavy atom. The molecule has 1 saturated heterocycles. The van der Waals surface area contributed by atoms with E-state index in [1.165, 1.54) is 17.4 Å². The zero-order valence-electron chi connectivity index (χ0n) is 26.6. The van der Waals surface area contributed by atoms with Crippen LogP contribution in [0.25, 0.3) is 33.2 Å². The van der Waals surface area contributed by atoms with Gasteiger partial charge in [0.1, 0.15) is 22.9 Å². The molecule has 0 unspecified atom stereocenters. The Kier molecular flexibility index (Phi) is 8.14. The van der Waals surface area contributed by atoms with Crippen molar-refractivity contribution in [2.24, 2.45) is 0 Å². The Balaban J connectivity index is 1.47. The molecule has 1 N–H and O–H groups in total. The molecule has 11 heteroatoms. The van der Waals surface area contributed by atoms with Crippen LogP contribution in [0.5, 0.6) is 0 Å². The number of carbonyl (C=O) groups excluding carboxylic acids is 2. The number of hydrogen-bond donors (Lipinski definition) is 1. The maximum absolute atomic E-state index is 14.7. The van der Waals surface area contributed by atoms with Gasteiger partial charge in [0.05, 0.1) is 23.0 Å². The van der Waals surface area contributed by atoms with E-state index in [1.807, 2.05) is 48.7 Å². The molecule has 0 bridgehead atoms. The van der Waals surface area contributed by atoms with Crippen LogP contribution in [0.4, 0.5) is 10.1 Å². The molecule has 0 aliphatic carbocycles. The number of rotatable bonds is 7. The first-order valence-electron chi connectivity index (χ1n) is 15.3. The predicted octanol–water partition coefficient (Wildman–Crippen LogP) is 6.30. The Morgan fingerprint density at radius 2 is 1.83 bits per heavy atom. The van der Waals surface area contributed by atoms with Crippen LogP contribution in [-0.2, 0) is 16.6 Å². The summed E-state index contributed by atoms with van der Waals surface area (Å²) in [4.78, 5) is 29.1. The molecule has 2 aromatic heterocycles. The minimum absolute atomic E-state index is 0.211. The molecule has 3 heterocycles. The van der Waals surface area contributed by atoms with E-state index in [9.17, 15) is 22.4 Å². The highest BCUT2D eigenvalue weighted by molar-refractivity contribution is 7.92. The fourth-order valence-electron chi connectivity index (χ4n) is 6.53. The maximum Gasteiger partial charge on any atom is 0.270 e. The molecule has 1 atom stereocenters. The van der Waals surface area contributed by atoms with Gasteiger partial charge in [0.2, 0.25) is 10.0 Å². The van der Waals surface area contributed by atoms with Crippen LogP contribution in [0.2, 0.25) is 0 Å². The molecule has 1 aliphatic rings. The van der Waals surface area contributed by atoms with Gasteiger partial charge >= 0.3 is 0 Å². The molecule has 1 fully saturated rings. The molecule has 46 heavy (non-hydrogen) atoms. The van der Waals surface area contributed by atoms with Crippen molar-refractivity contribution in [3.63, 3.8) is 0 Å². The lowest BCUT2D eigenvalue weighted by atomic mass is 9.88. The van der Waals surface area contributed by atoms with Crippen LogP contribution >= 0.6 is 0 Å². The second-order valence-corrected chi connectivity index (χ2v) is 13.9. The average molecular weight is 645 g/mol.